The number of benzene rings is 2. The van der Waals surface area contributed by atoms with E-state index in [0.717, 1.165) is 36.5 Å². The number of nitrogens with one attached hydrogen (secondary N) is 2. The highest BCUT2D eigenvalue weighted by Gasteiger charge is 2.19. The van der Waals surface area contributed by atoms with Crippen LogP contribution in [0.4, 0.5) is 14.5 Å². The Labute approximate surface area is 139 Å². The molecule has 3 nitrogen and oxygen atoms in total. The molecule has 0 fully saturated rings. The Balaban J connectivity index is 1.54. The van der Waals surface area contributed by atoms with Crippen molar-refractivity contribution in [1.29, 1.82) is 0 Å². The van der Waals surface area contributed by atoms with E-state index < -0.39 is 11.6 Å². The minimum Gasteiger partial charge on any atom is -0.324 e. The van der Waals surface area contributed by atoms with Crippen LogP contribution >= 0.6 is 0 Å². The molecule has 3 rings (SSSR count). The number of carbonyl (C=O) groups is 1. The maximum Gasteiger partial charge on any atom is 0.279 e. The lowest BCUT2D eigenvalue weighted by atomic mass is 10.00. The second-order valence-electron chi connectivity index (χ2n) is 5.90. The monoisotopic (exact) mass is 329 g/mol. The summed E-state index contributed by atoms with van der Waals surface area (Å²) in [5, 5.41) is 2.61. The van der Waals surface area contributed by atoms with Crippen molar-refractivity contribution in [2.24, 2.45) is 0 Å². The number of amides is 1. The second-order valence-corrected chi connectivity index (χ2v) is 5.90. The third-order valence-electron chi connectivity index (χ3n) is 4.14. The SMILES string of the molecule is O=C(C[NH+]1CC=C(c2ccccc2)CC1)Nc1ccc(F)c(F)c1. The molecule has 0 spiro atoms. The smallest absolute Gasteiger partial charge is 0.279 e. The first-order chi connectivity index (χ1) is 11.6. The molecule has 1 heterocycles. The number of anilines is 1. The van der Waals surface area contributed by atoms with Gasteiger partial charge in [0.1, 0.15) is 0 Å². The summed E-state index contributed by atoms with van der Waals surface area (Å²) in [5.74, 6) is -2.09. The Morgan fingerprint density at radius 1 is 1.08 bits per heavy atom. The van der Waals surface area contributed by atoms with E-state index in [-0.39, 0.29) is 11.6 Å². The molecule has 0 radical (unpaired) electrons. The highest BCUT2D eigenvalue weighted by molar-refractivity contribution is 5.91. The standard InChI is InChI=1S/C19H18F2N2O/c20-17-7-6-16(12-18(17)21)22-19(24)13-23-10-8-15(9-11-23)14-4-2-1-3-5-14/h1-8,12H,9-11,13H2,(H,22,24)/p+1. The van der Waals surface area contributed by atoms with E-state index in [1.54, 1.807) is 0 Å². The minimum absolute atomic E-state index is 0.201. The molecule has 2 N–H and O–H groups in total. The first kappa shape index (κ1) is 16.3. The molecule has 124 valence electrons. The molecule has 5 heteroatoms. The van der Waals surface area contributed by atoms with Crippen molar-refractivity contribution in [2.45, 2.75) is 6.42 Å². The number of hydrogen-bond donors (Lipinski definition) is 2. The summed E-state index contributed by atoms with van der Waals surface area (Å²) in [6.07, 6.45) is 3.08. The van der Waals surface area contributed by atoms with E-state index in [0.29, 0.717) is 6.54 Å². The molecule has 2 aromatic rings. The van der Waals surface area contributed by atoms with Gasteiger partial charge in [-0.1, -0.05) is 30.3 Å². The Bertz CT molecular complexity index is 759. The zero-order chi connectivity index (χ0) is 16.9. The highest BCUT2D eigenvalue weighted by Crippen LogP contribution is 2.17. The fourth-order valence-electron chi connectivity index (χ4n) is 2.86. The molecule has 0 saturated heterocycles. The van der Waals surface area contributed by atoms with Gasteiger partial charge in [-0.25, -0.2) is 8.78 Å². The quantitative estimate of drug-likeness (QED) is 0.886. The highest BCUT2D eigenvalue weighted by atomic mass is 19.2. The molecular formula is C19H19F2N2O+. The third kappa shape index (κ3) is 4.06. The van der Waals surface area contributed by atoms with Crippen LogP contribution in [0, 0.1) is 11.6 Å². The van der Waals surface area contributed by atoms with Crippen LogP contribution in [0.3, 0.4) is 0 Å². The van der Waals surface area contributed by atoms with Gasteiger partial charge in [0.2, 0.25) is 0 Å². The summed E-state index contributed by atoms with van der Waals surface area (Å²) in [6, 6.07) is 13.6. The molecule has 1 amide bonds. The van der Waals surface area contributed by atoms with E-state index in [4.69, 9.17) is 0 Å². The van der Waals surface area contributed by atoms with Crippen LogP contribution in [0.15, 0.2) is 54.6 Å². The maximum absolute atomic E-state index is 13.2. The van der Waals surface area contributed by atoms with E-state index in [9.17, 15) is 13.6 Å². The van der Waals surface area contributed by atoms with E-state index >= 15 is 0 Å². The zero-order valence-corrected chi connectivity index (χ0v) is 13.2. The fraction of sp³-hybridized carbons (Fsp3) is 0.211. The Morgan fingerprint density at radius 3 is 2.54 bits per heavy atom. The van der Waals surface area contributed by atoms with Crippen LogP contribution in [0.1, 0.15) is 12.0 Å². The summed E-state index contributed by atoms with van der Waals surface area (Å²) in [6.45, 7) is 1.94. The van der Waals surface area contributed by atoms with Crippen LogP contribution in [-0.2, 0) is 4.79 Å². The lowest BCUT2D eigenvalue weighted by molar-refractivity contribution is -0.886. The molecule has 0 saturated carbocycles. The maximum atomic E-state index is 13.2. The topological polar surface area (TPSA) is 33.5 Å². The molecular weight excluding hydrogens is 310 g/mol. The largest absolute Gasteiger partial charge is 0.324 e. The number of hydrogen-bond acceptors (Lipinski definition) is 1. The van der Waals surface area contributed by atoms with Gasteiger partial charge in [0, 0.05) is 18.2 Å². The van der Waals surface area contributed by atoms with Gasteiger partial charge in [-0.2, -0.15) is 0 Å². The van der Waals surface area contributed by atoms with E-state index in [2.05, 4.69) is 23.5 Å². The number of halogens is 2. The van der Waals surface area contributed by atoms with Gasteiger partial charge in [-0.05, 0) is 29.3 Å². The summed E-state index contributed by atoms with van der Waals surface area (Å²) >= 11 is 0. The summed E-state index contributed by atoms with van der Waals surface area (Å²) in [4.78, 5) is 13.2. The van der Waals surface area contributed by atoms with Gasteiger partial charge in [0.15, 0.2) is 18.2 Å². The normalized spacial score (nSPS) is 17.2. The van der Waals surface area contributed by atoms with Crippen LogP contribution in [0.25, 0.3) is 5.57 Å². The summed E-state index contributed by atoms with van der Waals surface area (Å²) in [5.41, 5.74) is 2.80. The van der Waals surface area contributed by atoms with Gasteiger partial charge < -0.3 is 10.2 Å². The van der Waals surface area contributed by atoms with Crippen LogP contribution < -0.4 is 10.2 Å². The minimum atomic E-state index is -0.964. The number of rotatable bonds is 4. The van der Waals surface area contributed by atoms with Gasteiger partial charge >= 0.3 is 0 Å². The van der Waals surface area contributed by atoms with Crippen molar-refractivity contribution in [3.8, 4) is 0 Å². The van der Waals surface area contributed by atoms with Crippen molar-refractivity contribution in [3.63, 3.8) is 0 Å². The first-order valence-electron chi connectivity index (χ1n) is 7.95. The first-order valence-corrected chi connectivity index (χ1v) is 7.95. The Kier molecular flexibility index (Phi) is 5.01. The van der Waals surface area contributed by atoms with E-state index in [1.807, 2.05) is 18.2 Å². The second kappa shape index (κ2) is 7.36. The molecule has 0 aromatic heterocycles. The number of carbonyl (C=O) groups excluding carboxylic acids is 1. The molecule has 0 aliphatic carbocycles. The molecule has 1 aliphatic rings. The van der Waals surface area contributed by atoms with Crippen LogP contribution in [0.5, 0.6) is 0 Å². The predicted octanol–water partition coefficient (Wildman–Crippen LogP) is 2.28. The van der Waals surface area contributed by atoms with Crippen LogP contribution in [-0.4, -0.2) is 25.5 Å². The molecule has 2 aromatic carbocycles. The molecule has 1 unspecified atom stereocenters. The Morgan fingerprint density at radius 2 is 1.88 bits per heavy atom. The number of quaternary nitrogens is 1. The van der Waals surface area contributed by atoms with Crippen LogP contribution in [0.2, 0.25) is 0 Å². The van der Waals surface area contributed by atoms with E-state index in [1.165, 1.54) is 17.2 Å². The van der Waals surface area contributed by atoms with Gasteiger partial charge in [0.25, 0.3) is 5.91 Å². The zero-order valence-electron chi connectivity index (χ0n) is 13.2. The molecule has 1 atom stereocenters. The molecule has 24 heavy (non-hydrogen) atoms. The Hall–Kier alpha value is -2.53. The predicted molar refractivity (Wildman–Crippen MR) is 89.6 cm³/mol. The van der Waals surface area contributed by atoms with Crippen molar-refractivity contribution in [2.75, 3.05) is 25.0 Å². The van der Waals surface area contributed by atoms with Gasteiger partial charge in [-0.15, -0.1) is 0 Å². The van der Waals surface area contributed by atoms with Crippen molar-refractivity contribution in [3.05, 3.63) is 71.8 Å². The lowest BCUT2D eigenvalue weighted by Crippen LogP contribution is -3.13. The average Bonchev–Trinajstić information content (AvgIpc) is 2.59. The summed E-state index contributed by atoms with van der Waals surface area (Å²) in [7, 11) is 0. The van der Waals surface area contributed by atoms with Crippen molar-refractivity contribution in [1.82, 2.24) is 0 Å². The molecule has 1 aliphatic heterocycles. The van der Waals surface area contributed by atoms with Crippen molar-refractivity contribution < 1.29 is 18.5 Å². The third-order valence-corrected chi connectivity index (χ3v) is 4.14. The average molecular weight is 329 g/mol. The fourth-order valence-corrected chi connectivity index (χ4v) is 2.86. The van der Waals surface area contributed by atoms with Crippen molar-refractivity contribution >= 4 is 17.2 Å². The van der Waals surface area contributed by atoms with Gasteiger partial charge in [-0.3, -0.25) is 4.79 Å². The summed E-state index contributed by atoms with van der Waals surface area (Å²) < 4.78 is 26.0. The lowest BCUT2D eigenvalue weighted by Gasteiger charge is -2.23. The van der Waals surface area contributed by atoms with Gasteiger partial charge in [0.05, 0.1) is 13.1 Å². The molecule has 0 bridgehead atoms.